The van der Waals surface area contributed by atoms with E-state index in [0.717, 1.165) is 23.5 Å². The Balaban J connectivity index is 1.96. The molecule has 2 aromatic carbocycles. The van der Waals surface area contributed by atoms with Crippen LogP contribution < -0.4 is 9.47 Å². The number of nitro groups is 1. The van der Waals surface area contributed by atoms with Crippen LogP contribution in [0.15, 0.2) is 41.4 Å². The van der Waals surface area contributed by atoms with Crippen molar-refractivity contribution in [1.82, 2.24) is 4.90 Å². The highest BCUT2D eigenvalue weighted by Gasteiger charge is 2.26. The fourth-order valence-corrected chi connectivity index (χ4v) is 2.95. The number of nitro benzene ring substituents is 1. The summed E-state index contributed by atoms with van der Waals surface area (Å²) in [6.07, 6.45) is 0. The van der Waals surface area contributed by atoms with Gasteiger partial charge in [0.25, 0.3) is 0 Å². The maximum Gasteiger partial charge on any atom is 0.315 e. The molecular formula is C19H21N3O4. The fourth-order valence-electron chi connectivity index (χ4n) is 2.95. The Morgan fingerprint density at radius 1 is 1.31 bits per heavy atom. The minimum atomic E-state index is -0.451. The first-order chi connectivity index (χ1) is 12.5. The van der Waals surface area contributed by atoms with E-state index in [2.05, 4.69) is 4.99 Å². The van der Waals surface area contributed by atoms with Gasteiger partial charge in [-0.2, -0.15) is 0 Å². The highest BCUT2D eigenvalue weighted by atomic mass is 16.6. The van der Waals surface area contributed by atoms with Crippen LogP contribution in [0.4, 0.5) is 5.69 Å². The van der Waals surface area contributed by atoms with E-state index in [4.69, 9.17) is 9.47 Å². The van der Waals surface area contributed by atoms with E-state index >= 15 is 0 Å². The number of benzene rings is 2. The van der Waals surface area contributed by atoms with Gasteiger partial charge in [0.15, 0.2) is 5.75 Å². The molecule has 0 N–H and O–H groups in total. The summed E-state index contributed by atoms with van der Waals surface area (Å²) in [5.74, 6) is 1.17. The Hall–Kier alpha value is -3.09. The molecule has 2 aromatic rings. The molecule has 3 rings (SSSR count). The Kier molecular flexibility index (Phi) is 5.06. The van der Waals surface area contributed by atoms with E-state index in [1.165, 1.54) is 13.2 Å². The van der Waals surface area contributed by atoms with Crippen molar-refractivity contribution in [3.05, 3.63) is 63.2 Å². The average molecular weight is 355 g/mol. The first kappa shape index (κ1) is 17.7. The molecule has 7 heteroatoms. The lowest BCUT2D eigenvalue weighted by molar-refractivity contribution is -0.386. The van der Waals surface area contributed by atoms with Gasteiger partial charge in [-0.15, -0.1) is 0 Å². The van der Waals surface area contributed by atoms with Crippen molar-refractivity contribution < 1.29 is 14.4 Å². The highest BCUT2D eigenvalue weighted by Crippen LogP contribution is 2.39. The van der Waals surface area contributed by atoms with Gasteiger partial charge in [-0.05, 0) is 18.6 Å². The van der Waals surface area contributed by atoms with E-state index in [1.807, 2.05) is 43.1 Å². The highest BCUT2D eigenvalue weighted by molar-refractivity contribution is 6.01. The predicted molar refractivity (Wildman–Crippen MR) is 99.2 cm³/mol. The van der Waals surface area contributed by atoms with Gasteiger partial charge in [-0.1, -0.05) is 29.8 Å². The molecule has 0 aliphatic carbocycles. The van der Waals surface area contributed by atoms with E-state index in [9.17, 15) is 10.1 Å². The van der Waals surface area contributed by atoms with Crippen molar-refractivity contribution in [3.63, 3.8) is 0 Å². The van der Waals surface area contributed by atoms with Crippen molar-refractivity contribution in [3.8, 4) is 11.5 Å². The SMILES string of the molecule is COc1cc(C2=NCCN2C)cc([N+](=O)[O-])c1OCc1cccc(C)c1. The normalized spacial score (nSPS) is 13.5. The summed E-state index contributed by atoms with van der Waals surface area (Å²) >= 11 is 0. The molecular weight excluding hydrogens is 334 g/mol. The van der Waals surface area contributed by atoms with Crippen LogP contribution in [0.5, 0.6) is 11.5 Å². The number of nitrogens with zero attached hydrogens (tertiary/aromatic N) is 3. The minimum Gasteiger partial charge on any atom is -0.493 e. The Bertz CT molecular complexity index is 864. The van der Waals surface area contributed by atoms with Gasteiger partial charge in [0.1, 0.15) is 12.4 Å². The molecule has 136 valence electrons. The summed E-state index contributed by atoms with van der Waals surface area (Å²) in [6.45, 7) is 3.67. The number of likely N-dealkylation sites (N-methyl/N-ethyl adjacent to an activating group) is 1. The van der Waals surface area contributed by atoms with Crippen LogP contribution in [-0.4, -0.2) is 42.9 Å². The zero-order chi connectivity index (χ0) is 18.7. The van der Waals surface area contributed by atoms with Crippen LogP contribution in [0.3, 0.4) is 0 Å². The number of hydrogen-bond acceptors (Lipinski definition) is 6. The summed E-state index contributed by atoms with van der Waals surface area (Å²) in [4.78, 5) is 17.6. The number of methoxy groups -OCH3 is 1. The molecule has 0 unspecified atom stereocenters. The second-order valence-electron chi connectivity index (χ2n) is 6.19. The lowest BCUT2D eigenvalue weighted by atomic mass is 10.1. The van der Waals surface area contributed by atoms with E-state index in [0.29, 0.717) is 17.9 Å². The van der Waals surface area contributed by atoms with Crippen molar-refractivity contribution in [2.75, 3.05) is 27.2 Å². The number of aryl methyl sites for hydroxylation is 1. The third-order valence-corrected chi connectivity index (χ3v) is 4.23. The second kappa shape index (κ2) is 7.43. The Morgan fingerprint density at radius 2 is 2.12 bits per heavy atom. The van der Waals surface area contributed by atoms with E-state index in [-0.39, 0.29) is 18.0 Å². The fraction of sp³-hybridized carbons (Fsp3) is 0.316. The first-order valence-corrected chi connectivity index (χ1v) is 8.30. The van der Waals surface area contributed by atoms with Crippen LogP contribution in [0.1, 0.15) is 16.7 Å². The molecule has 0 saturated heterocycles. The quantitative estimate of drug-likeness (QED) is 0.587. The molecule has 1 aliphatic rings. The monoisotopic (exact) mass is 355 g/mol. The largest absolute Gasteiger partial charge is 0.493 e. The first-order valence-electron chi connectivity index (χ1n) is 8.30. The number of hydrogen-bond donors (Lipinski definition) is 0. The van der Waals surface area contributed by atoms with Gasteiger partial charge in [-0.3, -0.25) is 15.1 Å². The lowest BCUT2D eigenvalue weighted by Gasteiger charge is -2.16. The smallest absolute Gasteiger partial charge is 0.315 e. The van der Waals surface area contributed by atoms with Gasteiger partial charge in [0, 0.05) is 25.2 Å². The standard InChI is InChI=1S/C19H21N3O4/c1-13-5-4-6-14(9-13)12-26-18-16(22(23)24)10-15(11-17(18)25-3)19-20-7-8-21(19)2/h4-6,9-11H,7-8,12H2,1-3H3. The van der Waals surface area contributed by atoms with Crippen molar-refractivity contribution >= 4 is 11.5 Å². The van der Waals surface area contributed by atoms with Crippen LogP contribution in [0, 0.1) is 17.0 Å². The molecule has 0 fully saturated rings. The summed E-state index contributed by atoms with van der Waals surface area (Å²) < 4.78 is 11.2. The van der Waals surface area contributed by atoms with Gasteiger partial charge < -0.3 is 14.4 Å². The molecule has 0 radical (unpaired) electrons. The molecule has 0 atom stereocenters. The maximum absolute atomic E-state index is 11.6. The van der Waals surface area contributed by atoms with Gasteiger partial charge in [-0.25, -0.2) is 0 Å². The molecule has 26 heavy (non-hydrogen) atoms. The summed E-state index contributed by atoms with van der Waals surface area (Å²) in [5, 5.41) is 11.6. The molecule has 1 aliphatic heterocycles. The number of ether oxygens (including phenoxy) is 2. The molecule has 0 aromatic heterocycles. The third kappa shape index (κ3) is 3.61. The molecule has 7 nitrogen and oxygen atoms in total. The molecule has 0 bridgehead atoms. The van der Waals surface area contributed by atoms with Crippen molar-refractivity contribution in [2.45, 2.75) is 13.5 Å². The summed E-state index contributed by atoms with van der Waals surface area (Å²) in [6, 6.07) is 11.0. The summed E-state index contributed by atoms with van der Waals surface area (Å²) in [7, 11) is 3.38. The molecule has 0 spiro atoms. The van der Waals surface area contributed by atoms with Crippen LogP contribution >= 0.6 is 0 Å². The van der Waals surface area contributed by atoms with E-state index in [1.54, 1.807) is 6.07 Å². The minimum absolute atomic E-state index is 0.129. The topological polar surface area (TPSA) is 77.2 Å². The Morgan fingerprint density at radius 3 is 2.73 bits per heavy atom. The van der Waals surface area contributed by atoms with Gasteiger partial charge >= 0.3 is 5.69 Å². The number of aliphatic imine (C=N–C) groups is 1. The predicted octanol–water partition coefficient (Wildman–Crippen LogP) is 3.18. The zero-order valence-corrected chi connectivity index (χ0v) is 15.1. The average Bonchev–Trinajstić information content (AvgIpc) is 3.05. The molecule has 0 saturated carbocycles. The lowest BCUT2D eigenvalue weighted by Crippen LogP contribution is -2.23. The zero-order valence-electron chi connectivity index (χ0n) is 15.1. The van der Waals surface area contributed by atoms with Crippen molar-refractivity contribution in [2.24, 2.45) is 4.99 Å². The van der Waals surface area contributed by atoms with Crippen LogP contribution in [0.2, 0.25) is 0 Å². The van der Waals surface area contributed by atoms with E-state index < -0.39 is 4.92 Å². The number of amidine groups is 1. The van der Waals surface area contributed by atoms with Crippen LogP contribution in [0.25, 0.3) is 0 Å². The van der Waals surface area contributed by atoms with Gasteiger partial charge in [0.05, 0.1) is 18.6 Å². The second-order valence-corrected chi connectivity index (χ2v) is 6.19. The maximum atomic E-state index is 11.6. The molecule has 0 amide bonds. The summed E-state index contributed by atoms with van der Waals surface area (Å²) in [5.41, 5.74) is 2.56. The Labute approximate surface area is 152 Å². The number of rotatable bonds is 6. The van der Waals surface area contributed by atoms with Crippen molar-refractivity contribution in [1.29, 1.82) is 0 Å². The molecule has 1 heterocycles. The van der Waals surface area contributed by atoms with Gasteiger partial charge in [0.2, 0.25) is 5.75 Å². The van der Waals surface area contributed by atoms with Crippen LogP contribution in [-0.2, 0) is 6.61 Å². The third-order valence-electron chi connectivity index (χ3n) is 4.23.